The maximum atomic E-state index is 12.1. The molecule has 2 atom stereocenters. The lowest BCUT2D eigenvalue weighted by Crippen LogP contribution is -2.60. The van der Waals surface area contributed by atoms with E-state index in [0.29, 0.717) is 13.1 Å². The standard InChI is InChI=1S/C13H22N4O2/c1-10(17-5-4-15-8-11(17)7-14)13(18)16-9-12-3-2-6-19-12/h2-3,6,10-11,15H,4-5,7-9,14H2,1H3,(H,16,18). The van der Waals surface area contributed by atoms with Gasteiger partial charge in [0.15, 0.2) is 0 Å². The molecule has 0 radical (unpaired) electrons. The first-order valence-corrected chi connectivity index (χ1v) is 6.69. The molecule has 1 fully saturated rings. The van der Waals surface area contributed by atoms with Crippen LogP contribution in [0.1, 0.15) is 12.7 Å². The number of carbonyl (C=O) groups excluding carboxylic acids is 1. The second kappa shape index (κ2) is 6.70. The summed E-state index contributed by atoms with van der Waals surface area (Å²) in [4.78, 5) is 14.3. The van der Waals surface area contributed by atoms with Crippen molar-refractivity contribution in [3.63, 3.8) is 0 Å². The van der Waals surface area contributed by atoms with Gasteiger partial charge in [0.1, 0.15) is 5.76 Å². The SMILES string of the molecule is CC(C(=O)NCc1ccco1)N1CCNCC1CN. The zero-order chi connectivity index (χ0) is 13.7. The molecule has 0 aliphatic carbocycles. The second-order valence-electron chi connectivity index (χ2n) is 4.80. The molecule has 19 heavy (non-hydrogen) atoms. The highest BCUT2D eigenvalue weighted by Gasteiger charge is 2.29. The van der Waals surface area contributed by atoms with E-state index in [0.717, 1.165) is 25.4 Å². The van der Waals surface area contributed by atoms with Gasteiger partial charge in [-0.25, -0.2) is 0 Å². The lowest BCUT2D eigenvalue weighted by molar-refractivity contribution is -0.127. The number of nitrogens with zero attached hydrogens (tertiary/aromatic N) is 1. The van der Waals surface area contributed by atoms with Crippen LogP contribution in [0.25, 0.3) is 0 Å². The first-order valence-electron chi connectivity index (χ1n) is 6.69. The predicted octanol–water partition coefficient (Wildman–Crippen LogP) is -0.483. The highest BCUT2D eigenvalue weighted by Crippen LogP contribution is 2.08. The van der Waals surface area contributed by atoms with Gasteiger partial charge in [0.25, 0.3) is 0 Å². The molecule has 1 aromatic heterocycles. The monoisotopic (exact) mass is 266 g/mol. The summed E-state index contributed by atoms with van der Waals surface area (Å²) in [6.07, 6.45) is 1.60. The van der Waals surface area contributed by atoms with Gasteiger partial charge in [-0.05, 0) is 19.1 Å². The Labute approximate surface area is 113 Å². The maximum Gasteiger partial charge on any atom is 0.237 e. The normalized spacial score (nSPS) is 22.1. The van der Waals surface area contributed by atoms with Crippen molar-refractivity contribution in [3.05, 3.63) is 24.2 Å². The Hall–Kier alpha value is -1.37. The largest absolute Gasteiger partial charge is 0.467 e. The minimum Gasteiger partial charge on any atom is -0.467 e. The van der Waals surface area contributed by atoms with Gasteiger partial charge in [0, 0.05) is 32.2 Å². The van der Waals surface area contributed by atoms with Gasteiger partial charge in [-0.1, -0.05) is 0 Å². The van der Waals surface area contributed by atoms with Gasteiger partial charge >= 0.3 is 0 Å². The van der Waals surface area contributed by atoms with Crippen molar-refractivity contribution >= 4 is 5.91 Å². The molecule has 4 N–H and O–H groups in total. The molecule has 2 heterocycles. The van der Waals surface area contributed by atoms with Crippen LogP contribution >= 0.6 is 0 Å². The first kappa shape index (κ1) is 14.0. The van der Waals surface area contributed by atoms with Crippen molar-refractivity contribution in [2.24, 2.45) is 5.73 Å². The summed E-state index contributed by atoms with van der Waals surface area (Å²) >= 11 is 0. The average Bonchev–Trinajstić information content (AvgIpc) is 2.97. The van der Waals surface area contributed by atoms with Crippen LogP contribution in [0.2, 0.25) is 0 Å². The van der Waals surface area contributed by atoms with E-state index < -0.39 is 0 Å². The quantitative estimate of drug-likeness (QED) is 0.670. The predicted molar refractivity (Wildman–Crippen MR) is 72.4 cm³/mol. The Morgan fingerprint density at radius 2 is 2.58 bits per heavy atom. The first-order chi connectivity index (χ1) is 9.22. The Balaban J connectivity index is 1.86. The average molecular weight is 266 g/mol. The Kier molecular flexibility index (Phi) is 4.95. The van der Waals surface area contributed by atoms with Crippen LogP contribution in [0, 0.1) is 0 Å². The fraction of sp³-hybridized carbons (Fsp3) is 0.615. The van der Waals surface area contributed by atoms with Crippen molar-refractivity contribution in [2.75, 3.05) is 26.2 Å². The van der Waals surface area contributed by atoms with Crippen LogP contribution in [-0.4, -0.2) is 49.1 Å². The highest BCUT2D eigenvalue weighted by molar-refractivity contribution is 5.81. The van der Waals surface area contributed by atoms with Crippen molar-refractivity contribution in [1.29, 1.82) is 0 Å². The Morgan fingerprint density at radius 1 is 1.74 bits per heavy atom. The minimum absolute atomic E-state index is 0.0109. The Bertz CT molecular complexity index is 393. The molecule has 2 unspecified atom stereocenters. The molecule has 6 heteroatoms. The number of hydrogen-bond donors (Lipinski definition) is 3. The van der Waals surface area contributed by atoms with Crippen molar-refractivity contribution in [1.82, 2.24) is 15.5 Å². The van der Waals surface area contributed by atoms with Crippen LogP contribution in [0.5, 0.6) is 0 Å². The molecule has 1 aliphatic rings. The van der Waals surface area contributed by atoms with Gasteiger partial charge < -0.3 is 20.8 Å². The molecule has 2 rings (SSSR count). The molecule has 1 amide bonds. The number of nitrogens with one attached hydrogen (secondary N) is 2. The fourth-order valence-corrected chi connectivity index (χ4v) is 2.39. The number of carbonyl (C=O) groups is 1. The lowest BCUT2D eigenvalue weighted by Gasteiger charge is -2.38. The molecular weight excluding hydrogens is 244 g/mol. The summed E-state index contributed by atoms with van der Waals surface area (Å²) in [7, 11) is 0. The highest BCUT2D eigenvalue weighted by atomic mass is 16.3. The molecule has 1 aliphatic heterocycles. The van der Waals surface area contributed by atoms with E-state index >= 15 is 0 Å². The third-order valence-corrected chi connectivity index (χ3v) is 3.56. The zero-order valence-corrected chi connectivity index (χ0v) is 11.3. The van der Waals surface area contributed by atoms with Crippen molar-refractivity contribution in [2.45, 2.75) is 25.6 Å². The molecule has 0 bridgehead atoms. The van der Waals surface area contributed by atoms with Gasteiger partial charge in [0.05, 0.1) is 18.8 Å². The van der Waals surface area contributed by atoms with Crippen LogP contribution in [-0.2, 0) is 11.3 Å². The number of rotatable bonds is 5. The molecule has 0 aromatic carbocycles. The summed E-state index contributed by atoms with van der Waals surface area (Å²) in [5.41, 5.74) is 5.75. The third kappa shape index (κ3) is 3.56. The van der Waals surface area contributed by atoms with Gasteiger partial charge in [-0.3, -0.25) is 9.69 Å². The van der Waals surface area contributed by atoms with Crippen LogP contribution in [0.4, 0.5) is 0 Å². The van der Waals surface area contributed by atoms with E-state index in [1.807, 2.05) is 19.1 Å². The molecule has 1 saturated heterocycles. The summed E-state index contributed by atoms with van der Waals surface area (Å²) in [5, 5.41) is 6.19. The molecular formula is C13H22N4O2. The number of furan rings is 1. The van der Waals surface area contributed by atoms with E-state index in [4.69, 9.17) is 10.2 Å². The topological polar surface area (TPSA) is 83.5 Å². The number of hydrogen-bond acceptors (Lipinski definition) is 5. The maximum absolute atomic E-state index is 12.1. The van der Waals surface area contributed by atoms with E-state index in [1.165, 1.54) is 0 Å². The van der Waals surface area contributed by atoms with Gasteiger partial charge in [-0.2, -0.15) is 0 Å². The molecule has 6 nitrogen and oxygen atoms in total. The minimum atomic E-state index is -0.175. The number of piperazine rings is 1. The van der Waals surface area contributed by atoms with Crippen molar-refractivity contribution < 1.29 is 9.21 Å². The van der Waals surface area contributed by atoms with Gasteiger partial charge in [-0.15, -0.1) is 0 Å². The van der Waals surface area contributed by atoms with Crippen LogP contribution < -0.4 is 16.4 Å². The fourth-order valence-electron chi connectivity index (χ4n) is 2.39. The molecule has 0 saturated carbocycles. The number of amides is 1. The number of nitrogens with two attached hydrogens (primary N) is 1. The third-order valence-electron chi connectivity index (χ3n) is 3.56. The molecule has 0 spiro atoms. The van der Waals surface area contributed by atoms with E-state index in [9.17, 15) is 4.79 Å². The molecule has 1 aromatic rings. The smallest absolute Gasteiger partial charge is 0.237 e. The van der Waals surface area contributed by atoms with Gasteiger partial charge in [0.2, 0.25) is 5.91 Å². The summed E-state index contributed by atoms with van der Waals surface area (Å²) in [6, 6.07) is 3.70. The van der Waals surface area contributed by atoms with Crippen LogP contribution in [0.3, 0.4) is 0 Å². The van der Waals surface area contributed by atoms with Crippen LogP contribution in [0.15, 0.2) is 22.8 Å². The Morgan fingerprint density at radius 3 is 3.26 bits per heavy atom. The van der Waals surface area contributed by atoms with Crippen molar-refractivity contribution in [3.8, 4) is 0 Å². The summed E-state index contributed by atoms with van der Waals surface area (Å²) in [6.45, 7) is 5.49. The lowest BCUT2D eigenvalue weighted by atomic mass is 10.1. The van der Waals surface area contributed by atoms with E-state index in [2.05, 4.69) is 15.5 Å². The summed E-state index contributed by atoms with van der Waals surface area (Å²) < 4.78 is 5.19. The second-order valence-corrected chi connectivity index (χ2v) is 4.80. The summed E-state index contributed by atoms with van der Waals surface area (Å²) in [5.74, 6) is 0.771. The zero-order valence-electron chi connectivity index (χ0n) is 11.3. The van der Waals surface area contributed by atoms with E-state index in [-0.39, 0.29) is 18.0 Å². The van der Waals surface area contributed by atoms with E-state index in [1.54, 1.807) is 6.26 Å². The molecule has 106 valence electrons.